The Balaban J connectivity index is 5.25. The molecule has 0 saturated heterocycles. The minimum Gasteiger partial charge on any atom is -0.462 e. The third-order valence-electron chi connectivity index (χ3n) is 16.8. The van der Waals surface area contributed by atoms with E-state index in [2.05, 4.69) is 72.8 Å². The standard InChI is InChI=1S/C75H142O17P2/c1-8-9-10-11-12-13-14-15-17-21-24-29-35-44-51-58-74(79)91-70(62-85-72(77)56-49-42-34-31-26-28-33-40-47-54-67(4)5)64-89-93(81,82)87-60-69(76)61-88-94(83,84)90-65-71(63-86-73(78)57-50-43-38-37-41-48-55-68(6)7)92-75(80)59-52-45-36-30-25-22-19-16-18-20-23-27-32-39-46-53-66(2)3/h13-15,17,66-71,76H,8-12,16,18-65H2,1-7H3,(H,81,82)(H,83,84)/b14-13-,17-15-/t69?,70-,71-/m1/s1. The molecule has 0 aromatic carbocycles. The van der Waals surface area contributed by atoms with Gasteiger partial charge < -0.3 is 33.8 Å². The minimum absolute atomic E-state index is 0.0842. The molecule has 3 unspecified atom stereocenters. The summed E-state index contributed by atoms with van der Waals surface area (Å²) in [5.41, 5.74) is 0. The summed E-state index contributed by atoms with van der Waals surface area (Å²) in [6.45, 7) is 11.7. The first-order valence-electron chi connectivity index (χ1n) is 38.2. The van der Waals surface area contributed by atoms with Gasteiger partial charge in [0.15, 0.2) is 12.2 Å². The number of aliphatic hydroxyl groups excluding tert-OH is 1. The van der Waals surface area contributed by atoms with E-state index in [0.29, 0.717) is 31.6 Å². The van der Waals surface area contributed by atoms with Crippen molar-refractivity contribution in [3.8, 4) is 0 Å². The van der Waals surface area contributed by atoms with Gasteiger partial charge in [-0.2, -0.15) is 0 Å². The van der Waals surface area contributed by atoms with Crippen LogP contribution in [0.2, 0.25) is 0 Å². The lowest BCUT2D eigenvalue weighted by molar-refractivity contribution is -0.161. The molecule has 0 aromatic heterocycles. The van der Waals surface area contributed by atoms with Crippen LogP contribution >= 0.6 is 15.6 Å². The SMILES string of the molecule is CCCCCC/C=C\C=C/CCCCCCCC(=O)O[C@H](COC(=O)CCCCCCCCCCCC(C)C)COP(=O)(O)OCC(O)COP(=O)(O)OC[C@@H](COC(=O)CCCCCCCCC(C)C)OC(=O)CCCCCCCCCCCCCCCCCC(C)C. The molecule has 19 heteroatoms. The number of esters is 4. The number of aliphatic hydroxyl groups is 1. The van der Waals surface area contributed by atoms with Gasteiger partial charge in [-0.05, 0) is 69.1 Å². The number of rotatable bonds is 71. The Kier molecular flexibility index (Phi) is 63.5. The van der Waals surface area contributed by atoms with Crippen molar-refractivity contribution < 1.29 is 80.2 Å². The van der Waals surface area contributed by atoms with E-state index < -0.39 is 97.5 Å². The van der Waals surface area contributed by atoms with Crippen LogP contribution in [0.15, 0.2) is 24.3 Å². The lowest BCUT2D eigenvalue weighted by Gasteiger charge is -2.21. The molecule has 0 bridgehead atoms. The summed E-state index contributed by atoms with van der Waals surface area (Å²) in [6.07, 6.45) is 53.7. The first-order chi connectivity index (χ1) is 45.2. The molecule has 0 aliphatic rings. The maximum Gasteiger partial charge on any atom is 0.472 e. The molecule has 0 aliphatic heterocycles. The van der Waals surface area contributed by atoms with Gasteiger partial charge in [0.1, 0.15) is 19.3 Å². The summed E-state index contributed by atoms with van der Waals surface area (Å²) in [6, 6.07) is 0. The molecule has 0 fully saturated rings. The second kappa shape index (κ2) is 65.2. The van der Waals surface area contributed by atoms with Crippen LogP contribution in [0.4, 0.5) is 0 Å². The second-order valence-corrected chi connectivity index (χ2v) is 30.7. The first-order valence-corrected chi connectivity index (χ1v) is 41.2. The monoisotopic (exact) mass is 1380 g/mol. The van der Waals surface area contributed by atoms with Crippen LogP contribution in [0.3, 0.4) is 0 Å². The molecule has 0 heterocycles. The summed E-state index contributed by atoms with van der Waals surface area (Å²) in [7, 11) is -9.92. The Labute approximate surface area is 573 Å². The van der Waals surface area contributed by atoms with Crippen LogP contribution in [0.1, 0.15) is 357 Å². The van der Waals surface area contributed by atoms with Gasteiger partial charge in [-0.25, -0.2) is 9.13 Å². The lowest BCUT2D eigenvalue weighted by Crippen LogP contribution is -2.30. The molecule has 0 rings (SSSR count). The number of ether oxygens (including phenoxy) is 4. The van der Waals surface area contributed by atoms with Gasteiger partial charge in [-0.15, -0.1) is 0 Å². The molecule has 0 amide bonds. The van der Waals surface area contributed by atoms with Gasteiger partial charge in [0.05, 0.1) is 26.4 Å². The van der Waals surface area contributed by atoms with Crippen molar-refractivity contribution in [3.05, 3.63) is 24.3 Å². The lowest BCUT2D eigenvalue weighted by atomic mass is 10.0. The topological polar surface area (TPSA) is 237 Å². The maximum absolute atomic E-state index is 13.0. The molecular weight excluding hydrogens is 1230 g/mol. The van der Waals surface area contributed by atoms with Crippen molar-refractivity contribution in [3.63, 3.8) is 0 Å². The van der Waals surface area contributed by atoms with Crippen LogP contribution in [-0.2, 0) is 65.4 Å². The smallest absolute Gasteiger partial charge is 0.462 e. The average molecular weight is 1380 g/mol. The van der Waals surface area contributed by atoms with E-state index in [0.717, 1.165) is 121 Å². The highest BCUT2D eigenvalue weighted by Crippen LogP contribution is 2.45. The third kappa shape index (κ3) is 68.1. The van der Waals surface area contributed by atoms with Crippen molar-refractivity contribution in [2.24, 2.45) is 17.8 Å². The van der Waals surface area contributed by atoms with Crippen molar-refractivity contribution in [2.75, 3.05) is 39.6 Å². The summed E-state index contributed by atoms with van der Waals surface area (Å²) < 4.78 is 68.4. The zero-order chi connectivity index (χ0) is 69.4. The third-order valence-corrected chi connectivity index (χ3v) is 18.7. The van der Waals surface area contributed by atoms with Gasteiger partial charge in [-0.3, -0.25) is 37.3 Å². The van der Waals surface area contributed by atoms with Crippen LogP contribution in [0, 0.1) is 17.8 Å². The van der Waals surface area contributed by atoms with Crippen LogP contribution in [0.25, 0.3) is 0 Å². The van der Waals surface area contributed by atoms with Crippen LogP contribution in [0.5, 0.6) is 0 Å². The van der Waals surface area contributed by atoms with Crippen LogP contribution in [-0.4, -0.2) is 96.7 Å². The number of carbonyl (C=O) groups is 4. The van der Waals surface area contributed by atoms with Gasteiger partial charge in [-0.1, -0.05) is 304 Å². The van der Waals surface area contributed by atoms with Gasteiger partial charge in [0.2, 0.25) is 0 Å². The van der Waals surface area contributed by atoms with Gasteiger partial charge >= 0.3 is 39.5 Å². The largest absolute Gasteiger partial charge is 0.472 e. The molecule has 0 spiro atoms. The fraction of sp³-hybridized carbons (Fsp3) is 0.893. The molecule has 3 N–H and O–H groups in total. The molecule has 0 radical (unpaired) electrons. The molecule has 554 valence electrons. The van der Waals surface area contributed by atoms with Crippen molar-refractivity contribution >= 4 is 39.5 Å². The Morgan fingerprint density at radius 3 is 0.862 bits per heavy atom. The molecule has 0 aliphatic carbocycles. The van der Waals surface area contributed by atoms with Crippen LogP contribution < -0.4 is 0 Å². The van der Waals surface area contributed by atoms with E-state index in [1.54, 1.807) is 0 Å². The number of hydrogen-bond donors (Lipinski definition) is 3. The number of allylic oxidation sites excluding steroid dienone is 4. The van der Waals surface area contributed by atoms with E-state index in [9.17, 15) is 43.2 Å². The van der Waals surface area contributed by atoms with E-state index in [1.807, 2.05) is 0 Å². The Morgan fingerprint density at radius 2 is 0.574 bits per heavy atom. The molecule has 0 aromatic rings. The van der Waals surface area contributed by atoms with Crippen molar-refractivity contribution in [2.45, 2.75) is 375 Å². The zero-order valence-electron chi connectivity index (χ0n) is 60.9. The Hall–Kier alpha value is -2.46. The van der Waals surface area contributed by atoms with E-state index in [4.69, 9.17) is 37.0 Å². The van der Waals surface area contributed by atoms with E-state index >= 15 is 0 Å². The number of phosphoric acid groups is 2. The quantitative estimate of drug-likeness (QED) is 0.0169. The highest BCUT2D eigenvalue weighted by Gasteiger charge is 2.30. The molecule has 17 nitrogen and oxygen atoms in total. The Morgan fingerprint density at radius 1 is 0.330 bits per heavy atom. The number of hydrogen-bond acceptors (Lipinski definition) is 15. The van der Waals surface area contributed by atoms with Gasteiger partial charge in [0, 0.05) is 25.7 Å². The fourth-order valence-corrected chi connectivity index (χ4v) is 12.5. The summed E-state index contributed by atoms with van der Waals surface area (Å²) in [5, 5.41) is 10.6. The molecular formula is C75H142O17P2. The predicted molar refractivity (Wildman–Crippen MR) is 381 cm³/mol. The molecule has 0 saturated carbocycles. The maximum atomic E-state index is 13.0. The van der Waals surface area contributed by atoms with Crippen molar-refractivity contribution in [1.82, 2.24) is 0 Å². The summed E-state index contributed by atoms with van der Waals surface area (Å²) >= 11 is 0. The van der Waals surface area contributed by atoms with E-state index in [-0.39, 0.29) is 25.7 Å². The summed E-state index contributed by atoms with van der Waals surface area (Å²) in [5.74, 6) is 0.0675. The number of phosphoric ester groups is 2. The zero-order valence-corrected chi connectivity index (χ0v) is 62.7. The second-order valence-electron chi connectivity index (χ2n) is 27.8. The van der Waals surface area contributed by atoms with Crippen molar-refractivity contribution in [1.29, 1.82) is 0 Å². The summed E-state index contributed by atoms with van der Waals surface area (Å²) in [4.78, 5) is 72.7. The molecule has 94 heavy (non-hydrogen) atoms. The van der Waals surface area contributed by atoms with Gasteiger partial charge in [0.25, 0.3) is 0 Å². The normalized spacial score (nSPS) is 14.3. The number of unbranched alkanes of at least 4 members (excludes halogenated alkanes) is 36. The Bertz CT molecular complexity index is 1930. The predicted octanol–water partition coefficient (Wildman–Crippen LogP) is 21.3. The number of carbonyl (C=O) groups excluding carboxylic acids is 4. The first kappa shape index (κ1) is 91.5. The highest BCUT2D eigenvalue weighted by molar-refractivity contribution is 7.47. The average Bonchev–Trinajstić information content (AvgIpc) is 1.50. The highest BCUT2D eigenvalue weighted by atomic mass is 31.2. The molecule has 5 atom stereocenters. The van der Waals surface area contributed by atoms with E-state index in [1.165, 1.54) is 148 Å². The fourth-order valence-electron chi connectivity index (χ4n) is 10.9. The minimum atomic E-state index is -4.96.